The Hall–Kier alpha value is -3.02. The highest BCUT2D eigenvalue weighted by atomic mass is 16.2. The van der Waals surface area contributed by atoms with Gasteiger partial charge in [0, 0.05) is 50.4 Å². The van der Waals surface area contributed by atoms with Crippen molar-refractivity contribution in [2.45, 2.75) is 19.3 Å². The number of amides is 1. The quantitative estimate of drug-likeness (QED) is 0.689. The number of hydrazone groups is 1. The van der Waals surface area contributed by atoms with E-state index in [1.165, 1.54) is 0 Å². The molecule has 25 heavy (non-hydrogen) atoms. The van der Waals surface area contributed by atoms with Crippen LogP contribution in [0.2, 0.25) is 0 Å². The van der Waals surface area contributed by atoms with Crippen molar-refractivity contribution in [2.24, 2.45) is 12.1 Å². The van der Waals surface area contributed by atoms with E-state index < -0.39 is 0 Å². The summed E-state index contributed by atoms with van der Waals surface area (Å²) in [5.74, 6) is 0.854. The van der Waals surface area contributed by atoms with Gasteiger partial charge in [0.2, 0.25) is 5.91 Å². The van der Waals surface area contributed by atoms with Crippen molar-refractivity contribution in [3.05, 3.63) is 60.3 Å². The zero-order chi connectivity index (χ0) is 17.2. The summed E-state index contributed by atoms with van der Waals surface area (Å²) in [6.07, 6.45) is 7.47. The van der Waals surface area contributed by atoms with Gasteiger partial charge in [0.05, 0.1) is 5.52 Å². The first-order chi connectivity index (χ1) is 12.2. The van der Waals surface area contributed by atoms with Crippen molar-refractivity contribution in [1.29, 1.82) is 0 Å². The Labute approximate surface area is 145 Å². The summed E-state index contributed by atoms with van der Waals surface area (Å²) in [5.41, 5.74) is 2.87. The fourth-order valence-corrected chi connectivity index (χ4v) is 3.18. The number of carbonyl (C=O) groups is 1. The summed E-state index contributed by atoms with van der Waals surface area (Å²) in [5, 5.41) is 7.33. The van der Waals surface area contributed by atoms with Gasteiger partial charge in [0.25, 0.3) is 0 Å². The smallest absolute Gasteiger partial charge is 0.242 e. The molecule has 1 amide bonds. The van der Waals surface area contributed by atoms with Crippen LogP contribution in [0.5, 0.6) is 0 Å². The molecule has 0 bridgehead atoms. The number of benzene rings is 1. The molecule has 0 atom stereocenters. The van der Waals surface area contributed by atoms with Crippen LogP contribution in [0.4, 0.5) is 0 Å². The molecule has 3 heterocycles. The third-order valence-corrected chi connectivity index (χ3v) is 4.47. The second-order valence-corrected chi connectivity index (χ2v) is 6.19. The number of rotatable bonds is 4. The second kappa shape index (κ2) is 6.47. The van der Waals surface area contributed by atoms with Gasteiger partial charge in [-0.3, -0.25) is 9.78 Å². The topological polar surface area (TPSA) is 63.4 Å². The number of nitrogens with zero attached hydrogens (tertiary/aromatic N) is 5. The molecule has 0 aliphatic carbocycles. The number of carbonyl (C=O) groups excluding carboxylic acids is 1. The molecule has 3 aromatic rings. The normalized spacial score (nSPS) is 15.3. The third-order valence-electron chi connectivity index (χ3n) is 4.47. The molecule has 0 saturated carbocycles. The summed E-state index contributed by atoms with van der Waals surface area (Å²) in [7, 11) is 1.94. The van der Waals surface area contributed by atoms with Crippen LogP contribution in [0.25, 0.3) is 10.9 Å². The zero-order valence-corrected chi connectivity index (χ0v) is 14.1. The first-order valence-electron chi connectivity index (χ1n) is 8.40. The van der Waals surface area contributed by atoms with Gasteiger partial charge >= 0.3 is 0 Å². The van der Waals surface area contributed by atoms with E-state index in [9.17, 15) is 4.79 Å². The highest BCUT2D eigenvalue weighted by molar-refractivity contribution is 6.01. The second-order valence-electron chi connectivity index (χ2n) is 6.19. The number of aromatic nitrogens is 3. The maximum Gasteiger partial charge on any atom is 0.242 e. The highest BCUT2D eigenvalue weighted by Gasteiger charge is 2.22. The van der Waals surface area contributed by atoms with E-state index in [-0.39, 0.29) is 5.91 Å². The highest BCUT2D eigenvalue weighted by Crippen LogP contribution is 2.19. The minimum atomic E-state index is 0.0753. The van der Waals surface area contributed by atoms with Gasteiger partial charge in [-0.05, 0) is 24.1 Å². The molecule has 1 aliphatic rings. The Bertz CT molecular complexity index is 954. The zero-order valence-electron chi connectivity index (χ0n) is 14.1. The number of hydrogen-bond donors (Lipinski definition) is 0. The van der Waals surface area contributed by atoms with E-state index >= 15 is 0 Å². The van der Waals surface area contributed by atoms with Crippen LogP contribution in [0.15, 0.2) is 54.0 Å². The maximum absolute atomic E-state index is 12.0. The van der Waals surface area contributed by atoms with Crippen LogP contribution in [0, 0.1) is 0 Å². The monoisotopic (exact) mass is 333 g/mol. The Kier molecular flexibility index (Phi) is 4.01. The lowest BCUT2D eigenvalue weighted by Crippen LogP contribution is -2.23. The lowest BCUT2D eigenvalue weighted by Gasteiger charge is -2.14. The van der Waals surface area contributed by atoms with Gasteiger partial charge in [0.15, 0.2) is 5.82 Å². The molecule has 6 nitrogen and oxygen atoms in total. The first kappa shape index (κ1) is 15.5. The summed E-state index contributed by atoms with van der Waals surface area (Å²) < 4.78 is 1.93. The SMILES string of the molecule is Cn1ccnc1C(Cc1ccnc2ccccc12)=NN1CCCC1=O. The van der Waals surface area contributed by atoms with Crippen LogP contribution in [-0.2, 0) is 18.3 Å². The third kappa shape index (κ3) is 3.03. The molecule has 0 spiro atoms. The van der Waals surface area contributed by atoms with E-state index in [4.69, 9.17) is 0 Å². The van der Waals surface area contributed by atoms with Crippen LogP contribution in [0.3, 0.4) is 0 Å². The average molecular weight is 333 g/mol. The molecule has 126 valence electrons. The standard InChI is InChI=1S/C19H19N5O/c1-23-12-10-21-19(23)17(22-24-11-4-7-18(24)25)13-14-8-9-20-16-6-3-2-5-15(14)16/h2-3,5-6,8-10,12H,4,7,11,13H2,1H3. The van der Waals surface area contributed by atoms with E-state index in [0.29, 0.717) is 19.4 Å². The van der Waals surface area contributed by atoms with Crippen LogP contribution >= 0.6 is 0 Å². The number of aryl methyl sites for hydroxylation is 1. The number of para-hydroxylation sites is 1. The lowest BCUT2D eigenvalue weighted by molar-refractivity contribution is -0.127. The summed E-state index contributed by atoms with van der Waals surface area (Å²) in [6.45, 7) is 0.670. The minimum Gasteiger partial charge on any atom is -0.333 e. The van der Waals surface area contributed by atoms with Crippen molar-refractivity contribution in [1.82, 2.24) is 19.5 Å². The molecule has 0 radical (unpaired) electrons. The summed E-state index contributed by atoms with van der Waals surface area (Å²) >= 11 is 0. The van der Waals surface area contributed by atoms with Crippen LogP contribution in [0.1, 0.15) is 24.2 Å². The predicted octanol–water partition coefficient (Wildman–Crippen LogP) is 2.54. The molecule has 1 aromatic carbocycles. The molecule has 4 rings (SSSR count). The van der Waals surface area contributed by atoms with Crippen LogP contribution < -0.4 is 0 Å². The van der Waals surface area contributed by atoms with E-state index in [1.54, 1.807) is 11.2 Å². The Morgan fingerprint density at radius 2 is 2.08 bits per heavy atom. The van der Waals surface area contributed by atoms with Crippen LogP contribution in [-0.4, -0.2) is 37.7 Å². The van der Waals surface area contributed by atoms with Gasteiger partial charge in [-0.25, -0.2) is 9.99 Å². The van der Waals surface area contributed by atoms with E-state index in [1.807, 2.05) is 48.3 Å². The van der Waals surface area contributed by atoms with E-state index in [2.05, 4.69) is 21.1 Å². The van der Waals surface area contributed by atoms with Crippen molar-refractivity contribution in [2.75, 3.05) is 6.54 Å². The lowest BCUT2D eigenvalue weighted by atomic mass is 10.0. The predicted molar refractivity (Wildman–Crippen MR) is 96.1 cm³/mol. The Morgan fingerprint density at radius 1 is 1.20 bits per heavy atom. The first-order valence-corrected chi connectivity index (χ1v) is 8.40. The number of fused-ring (bicyclic) bond motifs is 1. The Morgan fingerprint density at radius 3 is 2.84 bits per heavy atom. The Balaban J connectivity index is 1.77. The van der Waals surface area contributed by atoms with Crippen molar-refractivity contribution in [3.63, 3.8) is 0 Å². The molecule has 6 heteroatoms. The number of hydrogen-bond acceptors (Lipinski definition) is 4. The van der Waals surface area contributed by atoms with Crippen molar-refractivity contribution in [3.8, 4) is 0 Å². The van der Waals surface area contributed by atoms with Gasteiger partial charge < -0.3 is 4.57 Å². The fraction of sp³-hybridized carbons (Fsp3) is 0.263. The largest absolute Gasteiger partial charge is 0.333 e. The molecular weight excluding hydrogens is 314 g/mol. The average Bonchev–Trinajstić information content (AvgIpc) is 3.23. The molecule has 0 N–H and O–H groups in total. The molecule has 2 aromatic heterocycles. The van der Waals surface area contributed by atoms with Gasteiger partial charge in [-0.15, -0.1) is 0 Å². The number of imidazole rings is 1. The molecule has 0 unspecified atom stereocenters. The number of pyridine rings is 1. The van der Waals surface area contributed by atoms with E-state index in [0.717, 1.165) is 34.4 Å². The van der Waals surface area contributed by atoms with Gasteiger partial charge in [0.1, 0.15) is 5.71 Å². The maximum atomic E-state index is 12.0. The van der Waals surface area contributed by atoms with Crippen molar-refractivity contribution >= 4 is 22.5 Å². The fourth-order valence-electron chi connectivity index (χ4n) is 3.18. The minimum absolute atomic E-state index is 0.0753. The van der Waals surface area contributed by atoms with Crippen molar-refractivity contribution < 1.29 is 4.79 Å². The van der Waals surface area contributed by atoms with Gasteiger partial charge in [-0.1, -0.05) is 18.2 Å². The van der Waals surface area contributed by atoms with Gasteiger partial charge in [-0.2, -0.15) is 5.10 Å². The summed E-state index contributed by atoms with van der Waals surface area (Å²) in [6, 6.07) is 10.1. The molecule has 1 aliphatic heterocycles. The summed E-state index contributed by atoms with van der Waals surface area (Å²) in [4.78, 5) is 20.9. The molecular formula is C19H19N5O. The molecule has 1 saturated heterocycles. The molecule has 1 fully saturated rings.